The van der Waals surface area contributed by atoms with Gasteiger partial charge in [-0.25, -0.2) is 9.78 Å². The normalized spacial score (nSPS) is 20.4. The summed E-state index contributed by atoms with van der Waals surface area (Å²) in [6.45, 7) is 8.30. The molecule has 3 rings (SSSR count). The molecular formula is C20H29N5O2. The van der Waals surface area contributed by atoms with Crippen molar-refractivity contribution in [2.45, 2.75) is 39.0 Å². The first-order valence-electron chi connectivity index (χ1n) is 9.57. The van der Waals surface area contributed by atoms with Gasteiger partial charge < -0.3 is 19.9 Å². The second-order valence-electron chi connectivity index (χ2n) is 7.12. The van der Waals surface area contributed by atoms with Crippen LogP contribution in [0.15, 0.2) is 43.0 Å². The Morgan fingerprint density at radius 2 is 1.93 bits per heavy atom. The number of nitrogens with zero attached hydrogens (tertiary/aromatic N) is 3. The second kappa shape index (κ2) is 9.53. The molecule has 0 bridgehead atoms. The minimum atomic E-state index is -0.127. The van der Waals surface area contributed by atoms with Crippen LogP contribution in [-0.4, -0.2) is 58.9 Å². The Balaban J connectivity index is 1.31. The predicted octanol–water partition coefficient (Wildman–Crippen LogP) is 2.17. The van der Waals surface area contributed by atoms with Crippen LogP contribution in [0.3, 0.4) is 0 Å². The van der Waals surface area contributed by atoms with Crippen LogP contribution in [-0.2, 0) is 11.3 Å². The molecule has 1 aliphatic rings. The molecular weight excluding hydrogens is 342 g/mol. The van der Waals surface area contributed by atoms with E-state index >= 15 is 0 Å². The summed E-state index contributed by atoms with van der Waals surface area (Å²) in [6.07, 6.45) is 6.92. The molecule has 0 radical (unpaired) electrons. The molecule has 1 aromatic carbocycles. The van der Waals surface area contributed by atoms with Gasteiger partial charge in [0.15, 0.2) is 0 Å². The van der Waals surface area contributed by atoms with Crippen LogP contribution in [0.25, 0.3) is 5.69 Å². The zero-order valence-corrected chi connectivity index (χ0v) is 16.1. The van der Waals surface area contributed by atoms with Crippen LogP contribution in [0.4, 0.5) is 4.79 Å². The highest BCUT2D eigenvalue weighted by atomic mass is 16.5. The van der Waals surface area contributed by atoms with E-state index in [1.54, 1.807) is 12.5 Å². The van der Waals surface area contributed by atoms with Crippen LogP contribution >= 0.6 is 0 Å². The molecule has 1 aliphatic heterocycles. The fourth-order valence-corrected chi connectivity index (χ4v) is 3.41. The number of imidazole rings is 1. The van der Waals surface area contributed by atoms with Crippen LogP contribution in [0.5, 0.6) is 0 Å². The first-order chi connectivity index (χ1) is 13.1. The number of urea groups is 1. The zero-order valence-electron chi connectivity index (χ0n) is 16.1. The van der Waals surface area contributed by atoms with Gasteiger partial charge in [0.2, 0.25) is 0 Å². The van der Waals surface area contributed by atoms with Crippen molar-refractivity contribution in [1.29, 1.82) is 0 Å². The zero-order chi connectivity index (χ0) is 19.1. The molecule has 2 heterocycles. The van der Waals surface area contributed by atoms with Crippen LogP contribution < -0.4 is 10.6 Å². The van der Waals surface area contributed by atoms with Crippen molar-refractivity contribution in [1.82, 2.24) is 25.1 Å². The van der Waals surface area contributed by atoms with Gasteiger partial charge in [-0.3, -0.25) is 4.90 Å². The van der Waals surface area contributed by atoms with Crippen LogP contribution in [0, 0.1) is 0 Å². The van der Waals surface area contributed by atoms with Gasteiger partial charge >= 0.3 is 6.03 Å². The van der Waals surface area contributed by atoms with E-state index in [9.17, 15) is 4.79 Å². The molecule has 27 heavy (non-hydrogen) atoms. The third-order valence-corrected chi connectivity index (χ3v) is 4.62. The van der Waals surface area contributed by atoms with Gasteiger partial charge in [0.1, 0.15) is 0 Å². The molecule has 1 saturated heterocycles. The van der Waals surface area contributed by atoms with E-state index in [4.69, 9.17) is 4.74 Å². The smallest absolute Gasteiger partial charge is 0.315 e. The molecule has 7 heteroatoms. The molecule has 2 atom stereocenters. The average molecular weight is 371 g/mol. The first-order valence-corrected chi connectivity index (χ1v) is 9.57. The fourth-order valence-electron chi connectivity index (χ4n) is 3.41. The van der Waals surface area contributed by atoms with E-state index in [2.05, 4.69) is 34.4 Å². The van der Waals surface area contributed by atoms with Crippen molar-refractivity contribution in [3.63, 3.8) is 0 Å². The summed E-state index contributed by atoms with van der Waals surface area (Å²) in [6, 6.07) is 7.92. The van der Waals surface area contributed by atoms with E-state index in [-0.39, 0.29) is 18.2 Å². The first kappa shape index (κ1) is 19.4. The van der Waals surface area contributed by atoms with Gasteiger partial charge in [-0.1, -0.05) is 12.1 Å². The molecule has 0 spiro atoms. The Hall–Kier alpha value is -2.38. The van der Waals surface area contributed by atoms with Gasteiger partial charge in [0.05, 0.1) is 18.5 Å². The Morgan fingerprint density at radius 1 is 1.19 bits per heavy atom. The number of amides is 2. The lowest BCUT2D eigenvalue weighted by Gasteiger charge is -2.35. The lowest BCUT2D eigenvalue weighted by molar-refractivity contribution is -0.0679. The highest BCUT2D eigenvalue weighted by molar-refractivity contribution is 5.73. The number of carbonyl (C=O) groups excluding carboxylic acids is 1. The second-order valence-corrected chi connectivity index (χ2v) is 7.12. The van der Waals surface area contributed by atoms with Gasteiger partial charge in [0.25, 0.3) is 0 Å². The van der Waals surface area contributed by atoms with Crippen molar-refractivity contribution in [3.05, 3.63) is 48.5 Å². The summed E-state index contributed by atoms with van der Waals surface area (Å²) in [5.74, 6) is 0. The minimum Gasteiger partial charge on any atom is -0.373 e. The fraction of sp³-hybridized carbons (Fsp3) is 0.500. The van der Waals surface area contributed by atoms with Crippen molar-refractivity contribution >= 4 is 6.03 Å². The maximum absolute atomic E-state index is 12.0. The number of aromatic nitrogens is 2. The predicted molar refractivity (Wildman–Crippen MR) is 105 cm³/mol. The summed E-state index contributed by atoms with van der Waals surface area (Å²) in [4.78, 5) is 18.4. The maximum atomic E-state index is 12.0. The number of benzene rings is 1. The van der Waals surface area contributed by atoms with Gasteiger partial charge in [-0.05, 0) is 38.0 Å². The molecule has 2 amide bonds. The van der Waals surface area contributed by atoms with Crippen molar-refractivity contribution in [2.24, 2.45) is 0 Å². The number of hydrogen-bond acceptors (Lipinski definition) is 4. The summed E-state index contributed by atoms with van der Waals surface area (Å²) >= 11 is 0. The summed E-state index contributed by atoms with van der Waals surface area (Å²) in [7, 11) is 0. The molecule has 2 aromatic rings. The Labute approximate surface area is 160 Å². The van der Waals surface area contributed by atoms with Crippen LogP contribution in [0.1, 0.15) is 25.8 Å². The molecule has 0 saturated carbocycles. The SMILES string of the molecule is C[C@@H]1CN(CCCNC(=O)NCc2ccc(-n3ccnc3)cc2)C[C@@H](C)O1. The molecule has 1 fully saturated rings. The topological polar surface area (TPSA) is 71.4 Å². The molecule has 7 nitrogen and oxygen atoms in total. The monoisotopic (exact) mass is 371 g/mol. The summed E-state index contributed by atoms with van der Waals surface area (Å²) in [5, 5.41) is 5.83. The van der Waals surface area contributed by atoms with Crippen molar-refractivity contribution in [3.8, 4) is 5.69 Å². The minimum absolute atomic E-state index is 0.127. The molecule has 1 aromatic heterocycles. The van der Waals surface area contributed by atoms with Crippen molar-refractivity contribution < 1.29 is 9.53 Å². The molecule has 0 unspecified atom stereocenters. The Morgan fingerprint density at radius 3 is 2.59 bits per heavy atom. The molecule has 2 N–H and O–H groups in total. The average Bonchev–Trinajstić information content (AvgIpc) is 3.18. The van der Waals surface area contributed by atoms with E-state index < -0.39 is 0 Å². The van der Waals surface area contributed by atoms with Crippen molar-refractivity contribution in [2.75, 3.05) is 26.2 Å². The Kier molecular flexibility index (Phi) is 6.84. The highest BCUT2D eigenvalue weighted by Gasteiger charge is 2.21. The third-order valence-electron chi connectivity index (χ3n) is 4.62. The van der Waals surface area contributed by atoms with E-state index in [1.165, 1.54) is 0 Å². The largest absolute Gasteiger partial charge is 0.373 e. The quantitative estimate of drug-likeness (QED) is 0.732. The molecule has 146 valence electrons. The standard InChI is InChI=1S/C20H29N5O2/c1-16-13-24(14-17(2)27-16)10-3-8-22-20(26)23-12-18-4-6-19(7-5-18)25-11-9-21-15-25/h4-7,9,11,15-17H,3,8,10,12-14H2,1-2H3,(H2,22,23,26)/t16-,17-/m1/s1. The van der Waals surface area contributed by atoms with Gasteiger partial charge in [-0.15, -0.1) is 0 Å². The summed E-state index contributed by atoms with van der Waals surface area (Å²) in [5.41, 5.74) is 2.11. The number of rotatable bonds is 7. The van der Waals surface area contributed by atoms with E-state index in [0.717, 1.165) is 37.3 Å². The number of ether oxygens (including phenoxy) is 1. The maximum Gasteiger partial charge on any atom is 0.315 e. The number of morpholine rings is 1. The number of nitrogens with one attached hydrogen (secondary N) is 2. The third kappa shape index (κ3) is 6.08. The Bertz CT molecular complexity index is 692. The van der Waals surface area contributed by atoms with E-state index in [0.29, 0.717) is 13.1 Å². The van der Waals surface area contributed by atoms with Gasteiger partial charge in [-0.2, -0.15) is 0 Å². The van der Waals surface area contributed by atoms with E-state index in [1.807, 2.05) is 35.0 Å². The highest BCUT2D eigenvalue weighted by Crippen LogP contribution is 2.11. The lowest BCUT2D eigenvalue weighted by Crippen LogP contribution is -2.46. The number of hydrogen-bond donors (Lipinski definition) is 2. The van der Waals surface area contributed by atoms with Crippen LogP contribution in [0.2, 0.25) is 0 Å². The molecule has 0 aliphatic carbocycles. The number of carbonyl (C=O) groups is 1. The lowest BCUT2D eigenvalue weighted by atomic mass is 10.2. The van der Waals surface area contributed by atoms with Gasteiger partial charge in [0, 0.05) is 50.8 Å². The summed E-state index contributed by atoms with van der Waals surface area (Å²) < 4.78 is 7.68.